The zero-order chi connectivity index (χ0) is 19.8. The molecular weight excluding hydrogens is 359 g/mol. The summed E-state index contributed by atoms with van der Waals surface area (Å²) in [5.74, 6) is -0.794. The van der Waals surface area contributed by atoms with Crippen LogP contribution < -0.4 is 0 Å². The normalized spacial score (nSPS) is 14.3. The first kappa shape index (κ1) is 25.5. The summed E-state index contributed by atoms with van der Waals surface area (Å²) in [6, 6.07) is 0. The van der Waals surface area contributed by atoms with Crippen molar-refractivity contribution in [1.29, 1.82) is 0 Å². The van der Waals surface area contributed by atoms with E-state index in [4.69, 9.17) is 19.4 Å². The molecule has 0 aromatic rings. The average Bonchev–Trinajstić information content (AvgIpc) is 2.54. The maximum atomic E-state index is 11.1. The summed E-state index contributed by atoms with van der Waals surface area (Å²) in [6.07, 6.45) is 9.63. The van der Waals surface area contributed by atoms with Gasteiger partial charge in [-0.25, -0.2) is 4.57 Å². The van der Waals surface area contributed by atoms with E-state index in [-0.39, 0.29) is 6.42 Å². The maximum absolute atomic E-state index is 11.1. The highest BCUT2D eigenvalue weighted by atomic mass is 31.2. The van der Waals surface area contributed by atoms with Gasteiger partial charge in [0, 0.05) is 6.42 Å². The molecule has 156 valence electrons. The number of hydrogen-bond acceptors (Lipinski definition) is 4. The Morgan fingerprint density at radius 3 is 1.92 bits per heavy atom. The molecule has 0 aliphatic rings. The molecule has 0 saturated heterocycles. The average molecular weight is 396 g/mol. The molecular formula is C18H37O7P. The first-order valence-electron chi connectivity index (χ1n) is 9.90. The predicted molar refractivity (Wildman–Crippen MR) is 101 cm³/mol. The van der Waals surface area contributed by atoms with Crippen LogP contribution >= 0.6 is 7.82 Å². The molecule has 8 heteroatoms. The van der Waals surface area contributed by atoms with E-state index in [1.807, 2.05) is 0 Å². The Bertz CT molecular complexity index is 397. The third-order valence-electron chi connectivity index (χ3n) is 4.43. The Morgan fingerprint density at radius 2 is 1.38 bits per heavy atom. The van der Waals surface area contributed by atoms with Gasteiger partial charge >= 0.3 is 13.8 Å². The first-order chi connectivity index (χ1) is 12.3. The van der Waals surface area contributed by atoms with Crippen LogP contribution in [0.3, 0.4) is 0 Å². The molecule has 0 heterocycles. The minimum atomic E-state index is -4.63. The lowest BCUT2D eigenvalue weighted by Gasteiger charge is -2.23. The molecule has 0 fully saturated rings. The van der Waals surface area contributed by atoms with Crippen molar-refractivity contribution in [1.82, 2.24) is 0 Å². The maximum Gasteiger partial charge on any atom is 0.469 e. The summed E-state index contributed by atoms with van der Waals surface area (Å²) in [6.45, 7) is 2.15. The van der Waals surface area contributed by atoms with Gasteiger partial charge in [0.05, 0.1) is 12.2 Å². The van der Waals surface area contributed by atoms with Crippen LogP contribution in [0.4, 0.5) is 0 Å². The Balaban J connectivity index is 4.06. The predicted octanol–water partition coefficient (Wildman–Crippen LogP) is 4.39. The van der Waals surface area contributed by atoms with E-state index in [1.54, 1.807) is 0 Å². The standard InChI is InChI=1S/C18H37O7P/c1-2-3-4-5-7-10-13-16(19)17(25-26(22,23)24)14-11-8-6-9-12-15-18(20)21/h16-17,19H,2-15H2,1H3,(H,20,21)(H2,22,23,24). The zero-order valence-electron chi connectivity index (χ0n) is 16.0. The number of carboxylic acids is 1. The molecule has 0 amide bonds. The highest BCUT2D eigenvalue weighted by Gasteiger charge is 2.27. The highest BCUT2D eigenvalue weighted by molar-refractivity contribution is 7.46. The van der Waals surface area contributed by atoms with Crippen LogP contribution in [0.25, 0.3) is 0 Å². The second-order valence-corrected chi connectivity index (χ2v) is 8.15. The van der Waals surface area contributed by atoms with Crippen molar-refractivity contribution >= 4 is 13.8 Å². The van der Waals surface area contributed by atoms with Crippen LogP contribution in [0.15, 0.2) is 0 Å². The fourth-order valence-corrected chi connectivity index (χ4v) is 3.56. The smallest absolute Gasteiger partial charge is 0.469 e. The second kappa shape index (κ2) is 15.6. The molecule has 4 N–H and O–H groups in total. The number of carboxylic acid groups (broad SMARTS) is 1. The molecule has 0 aromatic heterocycles. The van der Waals surface area contributed by atoms with Gasteiger partial charge in [0.2, 0.25) is 0 Å². The lowest BCUT2D eigenvalue weighted by atomic mass is 9.99. The van der Waals surface area contributed by atoms with Gasteiger partial charge in [0.1, 0.15) is 0 Å². The molecule has 0 aromatic carbocycles. The van der Waals surface area contributed by atoms with Crippen molar-refractivity contribution in [3.63, 3.8) is 0 Å². The number of rotatable bonds is 18. The molecule has 0 radical (unpaired) electrons. The van der Waals surface area contributed by atoms with E-state index >= 15 is 0 Å². The summed E-state index contributed by atoms with van der Waals surface area (Å²) in [5, 5.41) is 18.8. The Morgan fingerprint density at radius 1 is 0.885 bits per heavy atom. The topological polar surface area (TPSA) is 124 Å². The fraction of sp³-hybridized carbons (Fsp3) is 0.944. The Labute approximate surface area is 157 Å². The van der Waals surface area contributed by atoms with Crippen LogP contribution in [0.5, 0.6) is 0 Å². The monoisotopic (exact) mass is 396 g/mol. The van der Waals surface area contributed by atoms with Crippen molar-refractivity contribution in [2.75, 3.05) is 0 Å². The Hall–Kier alpha value is -0.460. The summed E-state index contributed by atoms with van der Waals surface area (Å²) in [5.41, 5.74) is 0. The summed E-state index contributed by atoms with van der Waals surface area (Å²) >= 11 is 0. The van der Waals surface area contributed by atoms with Gasteiger partial charge in [-0.05, 0) is 19.3 Å². The van der Waals surface area contributed by atoms with Gasteiger partial charge in [0.15, 0.2) is 0 Å². The third kappa shape index (κ3) is 17.0. The number of carbonyl (C=O) groups is 1. The number of aliphatic carboxylic acids is 1. The van der Waals surface area contributed by atoms with Crippen molar-refractivity contribution in [3.8, 4) is 0 Å². The number of aliphatic hydroxyl groups excluding tert-OH is 1. The third-order valence-corrected chi connectivity index (χ3v) is 4.98. The minimum Gasteiger partial charge on any atom is -0.481 e. The molecule has 7 nitrogen and oxygen atoms in total. The molecule has 0 spiro atoms. The van der Waals surface area contributed by atoms with Gasteiger partial charge < -0.3 is 20.0 Å². The number of phosphoric ester groups is 1. The Kier molecular flexibility index (Phi) is 15.3. The van der Waals surface area contributed by atoms with Crippen LogP contribution in [0, 0.1) is 0 Å². The number of unbranched alkanes of at least 4 members (excludes halogenated alkanes) is 9. The number of hydrogen-bond donors (Lipinski definition) is 4. The van der Waals surface area contributed by atoms with Crippen LogP contribution in [-0.4, -0.2) is 38.2 Å². The summed E-state index contributed by atoms with van der Waals surface area (Å²) in [7, 11) is -4.63. The molecule has 0 rings (SSSR count). The fourth-order valence-electron chi connectivity index (χ4n) is 2.96. The molecule has 26 heavy (non-hydrogen) atoms. The molecule has 2 unspecified atom stereocenters. The van der Waals surface area contributed by atoms with Gasteiger partial charge in [0.25, 0.3) is 0 Å². The van der Waals surface area contributed by atoms with Gasteiger partial charge in [-0.1, -0.05) is 71.1 Å². The summed E-state index contributed by atoms with van der Waals surface area (Å²) < 4.78 is 15.9. The lowest BCUT2D eigenvalue weighted by Crippen LogP contribution is -2.28. The second-order valence-electron chi connectivity index (χ2n) is 6.96. The van der Waals surface area contributed by atoms with E-state index in [0.717, 1.165) is 38.5 Å². The number of phosphoric acid groups is 1. The van der Waals surface area contributed by atoms with Gasteiger partial charge in [-0.2, -0.15) is 0 Å². The quantitative estimate of drug-likeness (QED) is 0.200. The van der Waals surface area contributed by atoms with Crippen LogP contribution in [-0.2, 0) is 13.9 Å². The van der Waals surface area contributed by atoms with Crippen molar-refractivity contribution in [3.05, 3.63) is 0 Å². The van der Waals surface area contributed by atoms with Gasteiger partial charge in [-0.3, -0.25) is 9.32 Å². The molecule has 0 bridgehead atoms. The van der Waals surface area contributed by atoms with Crippen LogP contribution in [0.2, 0.25) is 0 Å². The summed E-state index contributed by atoms with van der Waals surface area (Å²) in [4.78, 5) is 28.5. The highest BCUT2D eigenvalue weighted by Crippen LogP contribution is 2.40. The lowest BCUT2D eigenvalue weighted by molar-refractivity contribution is -0.137. The molecule has 0 aliphatic carbocycles. The van der Waals surface area contributed by atoms with Crippen LogP contribution in [0.1, 0.15) is 96.8 Å². The van der Waals surface area contributed by atoms with Crippen molar-refractivity contribution < 1.29 is 33.9 Å². The molecule has 0 aliphatic heterocycles. The molecule has 2 atom stereocenters. The molecule has 0 saturated carbocycles. The van der Waals surface area contributed by atoms with Gasteiger partial charge in [-0.15, -0.1) is 0 Å². The van der Waals surface area contributed by atoms with E-state index in [9.17, 15) is 14.5 Å². The minimum absolute atomic E-state index is 0.168. The van der Waals surface area contributed by atoms with E-state index in [0.29, 0.717) is 25.7 Å². The van der Waals surface area contributed by atoms with E-state index < -0.39 is 26.0 Å². The number of aliphatic hydroxyl groups is 1. The van der Waals surface area contributed by atoms with Crippen molar-refractivity contribution in [2.45, 2.75) is 109 Å². The first-order valence-corrected chi connectivity index (χ1v) is 11.4. The SMILES string of the molecule is CCCCCCCCC(O)C(CCCCCCCC(=O)O)OP(=O)(O)O. The largest absolute Gasteiger partial charge is 0.481 e. The van der Waals surface area contributed by atoms with Crippen molar-refractivity contribution in [2.24, 2.45) is 0 Å². The zero-order valence-corrected chi connectivity index (χ0v) is 16.9. The van der Waals surface area contributed by atoms with E-state index in [1.165, 1.54) is 19.3 Å². The van der Waals surface area contributed by atoms with E-state index in [2.05, 4.69) is 6.92 Å².